The molecule has 3 aromatic rings. The number of fused-ring (bicyclic) bond motifs is 3. The number of alkyl carbamates (subject to hydrolysis) is 1. The van der Waals surface area contributed by atoms with Gasteiger partial charge in [-0.05, 0) is 45.0 Å². The molecule has 7 nitrogen and oxygen atoms in total. The summed E-state index contributed by atoms with van der Waals surface area (Å²) in [5.74, 6) is 0.575. The second-order valence-corrected chi connectivity index (χ2v) is 9.67. The van der Waals surface area contributed by atoms with E-state index in [1.165, 1.54) is 10.2 Å². The quantitative estimate of drug-likeness (QED) is 0.704. The topological polar surface area (TPSA) is 86.6 Å². The summed E-state index contributed by atoms with van der Waals surface area (Å²) in [7, 11) is -3.72. The normalized spacial score (nSPS) is 16.3. The summed E-state index contributed by atoms with van der Waals surface area (Å²) in [5.41, 5.74) is 0.711. The lowest BCUT2D eigenvalue weighted by molar-refractivity contribution is 0.0497. The van der Waals surface area contributed by atoms with Crippen molar-refractivity contribution in [3.63, 3.8) is 0 Å². The highest BCUT2D eigenvalue weighted by atomic mass is 32.2. The van der Waals surface area contributed by atoms with Gasteiger partial charge in [0, 0.05) is 17.1 Å². The Morgan fingerprint density at radius 3 is 2.55 bits per heavy atom. The van der Waals surface area contributed by atoms with Gasteiger partial charge in [0.1, 0.15) is 18.0 Å². The van der Waals surface area contributed by atoms with Gasteiger partial charge < -0.3 is 14.8 Å². The van der Waals surface area contributed by atoms with E-state index >= 15 is 0 Å². The van der Waals surface area contributed by atoms with Gasteiger partial charge in [0.2, 0.25) is 0 Å². The largest absolute Gasteiger partial charge is 0.490 e. The van der Waals surface area contributed by atoms with Crippen LogP contribution >= 0.6 is 0 Å². The second-order valence-electron chi connectivity index (χ2n) is 7.86. The number of aromatic nitrogens is 1. The van der Waals surface area contributed by atoms with Crippen LogP contribution in [0.25, 0.3) is 10.9 Å². The van der Waals surface area contributed by atoms with Crippen LogP contribution in [0.3, 0.4) is 0 Å². The molecule has 8 heteroatoms. The van der Waals surface area contributed by atoms with Crippen molar-refractivity contribution in [2.45, 2.75) is 37.3 Å². The van der Waals surface area contributed by atoms with Crippen LogP contribution in [0.15, 0.2) is 59.6 Å². The van der Waals surface area contributed by atoms with E-state index in [0.717, 1.165) is 5.56 Å². The Morgan fingerprint density at radius 1 is 1.14 bits per heavy atom. The van der Waals surface area contributed by atoms with Crippen molar-refractivity contribution in [3.05, 3.63) is 60.3 Å². The summed E-state index contributed by atoms with van der Waals surface area (Å²) >= 11 is 0. The van der Waals surface area contributed by atoms with E-state index in [-0.39, 0.29) is 17.5 Å². The fourth-order valence-electron chi connectivity index (χ4n) is 3.36. The minimum absolute atomic E-state index is 0.211. The third kappa shape index (κ3) is 3.55. The molecule has 1 aromatic heterocycles. The number of ether oxygens (including phenoxy) is 2. The summed E-state index contributed by atoms with van der Waals surface area (Å²) in [5, 5.41) is 3.48. The van der Waals surface area contributed by atoms with Gasteiger partial charge in [0.25, 0.3) is 10.0 Å². The molecule has 4 rings (SSSR count). The number of amides is 1. The summed E-state index contributed by atoms with van der Waals surface area (Å²) in [6.07, 6.45) is 0.994. The number of nitrogens with one attached hydrogen (secondary N) is 1. The van der Waals surface area contributed by atoms with E-state index in [1.807, 2.05) is 0 Å². The molecule has 2 aromatic carbocycles. The molecule has 0 aliphatic carbocycles. The number of carbonyl (C=O) groups excluding carboxylic acids is 1. The first-order valence-corrected chi connectivity index (χ1v) is 10.7. The van der Waals surface area contributed by atoms with Crippen LogP contribution in [0, 0.1) is 0 Å². The molecule has 152 valence electrons. The Balaban J connectivity index is 1.68. The van der Waals surface area contributed by atoms with E-state index < -0.39 is 21.7 Å². The smallest absolute Gasteiger partial charge is 0.408 e. The van der Waals surface area contributed by atoms with Crippen molar-refractivity contribution in [1.82, 2.24) is 9.29 Å². The third-order valence-electron chi connectivity index (χ3n) is 4.58. The molecule has 0 saturated carbocycles. The molecule has 1 atom stereocenters. The first-order valence-electron chi connectivity index (χ1n) is 9.24. The molecule has 0 fully saturated rings. The van der Waals surface area contributed by atoms with Crippen LogP contribution in [0.1, 0.15) is 32.4 Å². The molecule has 1 amide bonds. The lowest BCUT2D eigenvalue weighted by Crippen LogP contribution is -2.35. The molecule has 1 aliphatic rings. The van der Waals surface area contributed by atoms with E-state index in [2.05, 4.69) is 5.32 Å². The van der Waals surface area contributed by atoms with Crippen LogP contribution in [0.4, 0.5) is 4.79 Å². The molecule has 0 spiro atoms. The van der Waals surface area contributed by atoms with Crippen molar-refractivity contribution < 1.29 is 22.7 Å². The zero-order valence-electron chi connectivity index (χ0n) is 16.4. The highest BCUT2D eigenvalue weighted by molar-refractivity contribution is 7.90. The predicted molar refractivity (Wildman–Crippen MR) is 109 cm³/mol. The van der Waals surface area contributed by atoms with Crippen LogP contribution in [-0.2, 0) is 14.8 Å². The zero-order valence-corrected chi connectivity index (χ0v) is 17.2. The Morgan fingerprint density at radius 2 is 1.86 bits per heavy atom. The monoisotopic (exact) mass is 414 g/mol. The molecule has 0 saturated heterocycles. The highest BCUT2D eigenvalue weighted by Crippen LogP contribution is 2.40. The van der Waals surface area contributed by atoms with Gasteiger partial charge in [-0.25, -0.2) is 17.2 Å². The van der Waals surface area contributed by atoms with Crippen LogP contribution in [-0.4, -0.2) is 30.7 Å². The first-order chi connectivity index (χ1) is 13.7. The number of benzene rings is 2. The van der Waals surface area contributed by atoms with Crippen molar-refractivity contribution in [2.24, 2.45) is 0 Å². The fraction of sp³-hybridized carbons (Fsp3) is 0.286. The SMILES string of the molecule is CC(C)(C)OC(=O)N[C@H]1COc2c1ccc1c2ccn1S(=O)(=O)c1ccccc1. The summed E-state index contributed by atoms with van der Waals surface area (Å²) in [6, 6.07) is 13.1. The fourth-order valence-corrected chi connectivity index (χ4v) is 4.73. The minimum atomic E-state index is -3.72. The molecule has 1 N–H and O–H groups in total. The lowest BCUT2D eigenvalue weighted by Gasteiger charge is -2.21. The number of nitrogens with zero attached hydrogens (tertiary/aromatic N) is 1. The van der Waals surface area contributed by atoms with Crippen molar-refractivity contribution >= 4 is 27.0 Å². The number of hydrogen-bond acceptors (Lipinski definition) is 5. The Bertz CT molecular complexity index is 1180. The van der Waals surface area contributed by atoms with Crippen LogP contribution in [0.2, 0.25) is 0 Å². The Labute approximate surface area is 169 Å². The Kier molecular flexibility index (Phi) is 4.53. The standard InChI is InChI=1S/C21H22N2O5S/c1-21(2,3)28-20(24)22-17-13-27-19-15(17)9-10-18-16(19)11-12-23(18)29(25,26)14-7-5-4-6-8-14/h4-12,17H,13H2,1-3H3,(H,22,24)/t17-/m0/s1. The first kappa shape index (κ1) is 19.3. The Hall–Kier alpha value is -3.00. The van der Waals surface area contributed by atoms with Crippen molar-refractivity contribution in [2.75, 3.05) is 6.61 Å². The van der Waals surface area contributed by atoms with Gasteiger partial charge >= 0.3 is 6.09 Å². The van der Waals surface area contributed by atoms with E-state index in [9.17, 15) is 13.2 Å². The highest BCUT2D eigenvalue weighted by Gasteiger charge is 2.30. The average molecular weight is 414 g/mol. The maximum Gasteiger partial charge on any atom is 0.408 e. The maximum absolute atomic E-state index is 13.0. The molecule has 0 unspecified atom stereocenters. The van der Waals surface area contributed by atoms with Gasteiger partial charge in [-0.3, -0.25) is 0 Å². The number of carbonyl (C=O) groups is 1. The molecule has 0 bridgehead atoms. The summed E-state index contributed by atoms with van der Waals surface area (Å²) in [6.45, 7) is 5.64. The summed E-state index contributed by atoms with van der Waals surface area (Å²) < 4.78 is 38.4. The lowest BCUT2D eigenvalue weighted by atomic mass is 10.1. The van der Waals surface area contributed by atoms with E-state index in [4.69, 9.17) is 9.47 Å². The number of hydrogen-bond donors (Lipinski definition) is 1. The number of rotatable bonds is 3. The maximum atomic E-state index is 13.0. The average Bonchev–Trinajstić information content (AvgIpc) is 3.25. The predicted octanol–water partition coefficient (Wildman–Crippen LogP) is 3.84. The zero-order chi connectivity index (χ0) is 20.8. The third-order valence-corrected chi connectivity index (χ3v) is 6.28. The molecule has 1 aliphatic heterocycles. The van der Waals surface area contributed by atoms with Gasteiger partial charge in [0.15, 0.2) is 0 Å². The molecule has 2 heterocycles. The van der Waals surface area contributed by atoms with Crippen LogP contribution in [0.5, 0.6) is 5.75 Å². The van der Waals surface area contributed by atoms with Crippen molar-refractivity contribution in [1.29, 1.82) is 0 Å². The van der Waals surface area contributed by atoms with Crippen molar-refractivity contribution in [3.8, 4) is 5.75 Å². The van der Waals surface area contributed by atoms with E-state index in [1.54, 1.807) is 69.3 Å². The second kappa shape index (κ2) is 6.81. The summed E-state index contributed by atoms with van der Waals surface area (Å²) in [4.78, 5) is 12.3. The minimum Gasteiger partial charge on any atom is -0.490 e. The van der Waals surface area contributed by atoms with Crippen LogP contribution < -0.4 is 10.1 Å². The van der Waals surface area contributed by atoms with Gasteiger partial charge in [-0.2, -0.15) is 0 Å². The van der Waals surface area contributed by atoms with E-state index in [0.29, 0.717) is 16.7 Å². The van der Waals surface area contributed by atoms with Gasteiger partial charge in [-0.15, -0.1) is 0 Å². The van der Waals surface area contributed by atoms with Gasteiger partial charge in [0.05, 0.1) is 16.5 Å². The molecule has 0 radical (unpaired) electrons. The molecular formula is C21H22N2O5S. The molecular weight excluding hydrogens is 392 g/mol. The van der Waals surface area contributed by atoms with Gasteiger partial charge in [-0.1, -0.05) is 24.3 Å². The molecule has 29 heavy (non-hydrogen) atoms.